The second-order valence-corrected chi connectivity index (χ2v) is 7.93. The van der Waals surface area contributed by atoms with E-state index in [9.17, 15) is 9.59 Å². The van der Waals surface area contributed by atoms with Gasteiger partial charge in [-0.25, -0.2) is 0 Å². The molecule has 2 heterocycles. The average molecular weight is 398 g/mol. The molecule has 28 heavy (non-hydrogen) atoms. The standard InChI is InChI=1S/C21H22N2O4S/c1-12(13-7-5-4-6-8-13)22-19(24)15-11-28-21-14-9-10-16(26-2)18(27-3)17(14)20(25)23(15)21/h4-10,12,15,21H,11H2,1-3H3,(H,22,24)/t12-,15+,21-/m1/s1. The predicted molar refractivity (Wildman–Crippen MR) is 108 cm³/mol. The molecule has 2 aliphatic rings. The second-order valence-electron chi connectivity index (χ2n) is 6.82. The topological polar surface area (TPSA) is 67.9 Å². The predicted octanol–water partition coefficient (Wildman–Crippen LogP) is 3.15. The molecule has 1 fully saturated rings. The highest BCUT2D eigenvalue weighted by molar-refractivity contribution is 7.99. The Kier molecular flexibility index (Phi) is 4.93. The van der Waals surface area contributed by atoms with Crippen molar-refractivity contribution < 1.29 is 19.1 Å². The van der Waals surface area contributed by atoms with E-state index in [2.05, 4.69) is 5.32 Å². The number of ether oxygens (including phenoxy) is 2. The lowest BCUT2D eigenvalue weighted by Gasteiger charge is -2.24. The van der Waals surface area contributed by atoms with Crippen molar-refractivity contribution in [2.24, 2.45) is 0 Å². The third-order valence-electron chi connectivity index (χ3n) is 5.25. The maximum absolute atomic E-state index is 13.2. The summed E-state index contributed by atoms with van der Waals surface area (Å²) in [6.07, 6.45) is 0. The van der Waals surface area contributed by atoms with E-state index in [1.807, 2.05) is 43.3 Å². The maximum atomic E-state index is 13.2. The number of hydrogen-bond acceptors (Lipinski definition) is 5. The zero-order chi connectivity index (χ0) is 19.8. The summed E-state index contributed by atoms with van der Waals surface area (Å²) < 4.78 is 10.8. The Hall–Kier alpha value is -2.67. The van der Waals surface area contributed by atoms with Gasteiger partial charge in [-0.3, -0.25) is 9.59 Å². The molecule has 0 radical (unpaired) electrons. The minimum absolute atomic E-state index is 0.132. The highest BCUT2D eigenvalue weighted by atomic mass is 32.2. The molecule has 6 nitrogen and oxygen atoms in total. The number of fused-ring (bicyclic) bond motifs is 3. The molecule has 0 bridgehead atoms. The summed E-state index contributed by atoms with van der Waals surface area (Å²) in [5.41, 5.74) is 2.40. The van der Waals surface area contributed by atoms with Crippen LogP contribution in [-0.2, 0) is 4.79 Å². The molecule has 2 amide bonds. The van der Waals surface area contributed by atoms with Crippen LogP contribution in [0.25, 0.3) is 0 Å². The molecule has 0 spiro atoms. The van der Waals surface area contributed by atoms with Gasteiger partial charge in [-0.15, -0.1) is 11.8 Å². The van der Waals surface area contributed by atoms with E-state index in [0.29, 0.717) is 22.8 Å². The molecule has 2 aliphatic heterocycles. The summed E-state index contributed by atoms with van der Waals surface area (Å²) in [7, 11) is 3.06. The minimum Gasteiger partial charge on any atom is -0.493 e. The van der Waals surface area contributed by atoms with Gasteiger partial charge in [0.1, 0.15) is 11.4 Å². The van der Waals surface area contributed by atoms with Gasteiger partial charge in [0.25, 0.3) is 5.91 Å². The summed E-state index contributed by atoms with van der Waals surface area (Å²) in [4.78, 5) is 27.8. The van der Waals surface area contributed by atoms with Crippen LogP contribution in [0.5, 0.6) is 11.5 Å². The number of methoxy groups -OCH3 is 2. The molecule has 2 aromatic rings. The molecule has 0 saturated carbocycles. The number of hydrogen-bond donors (Lipinski definition) is 1. The monoisotopic (exact) mass is 398 g/mol. The zero-order valence-corrected chi connectivity index (χ0v) is 16.8. The van der Waals surface area contributed by atoms with Crippen molar-refractivity contribution in [3.8, 4) is 11.5 Å². The lowest BCUT2D eigenvalue weighted by molar-refractivity contribution is -0.125. The van der Waals surface area contributed by atoms with Gasteiger partial charge in [-0.05, 0) is 18.6 Å². The van der Waals surface area contributed by atoms with Crippen LogP contribution in [0.2, 0.25) is 0 Å². The highest BCUT2D eigenvalue weighted by Crippen LogP contribution is 2.52. The second kappa shape index (κ2) is 7.39. The SMILES string of the molecule is COc1ccc2c(c1OC)C(=O)N1[C@@H]2SC[C@H]1C(=O)N[C@H](C)c1ccccc1. The molecular formula is C21H22N2O4S. The third-order valence-corrected chi connectivity index (χ3v) is 6.56. The van der Waals surface area contributed by atoms with Gasteiger partial charge >= 0.3 is 0 Å². The number of amides is 2. The first-order valence-electron chi connectivity index (χ1n) is 9.11. The van der Waals surface area contributed by atoms with Gasteiger partial charge in [0.15, 0.2) is 11.5 Å². The van der Waals surface area contributed by atoms with Crippen molar-refractivity contribution in [2.45, 2.75) is 24.4 Å². The van der Waals surface area contributed by atoms with Crippen LogP contribution in [0, 0.1) is 0 Å². The van der Waals surface area contributed by atoms with E-state index in [4.69, 9.17) is 9.47 Å². The van der Waals surface area contributed by atoms with Gasteiger partial charge < -0.3 is 19.7 Å². The van der Waals surface area contributed by atoms with Crippen molar-refractivity contribution in [1.29, 1.82) is 0 Å². The summed E-state index contributed by atoms with van der Waals surface area (Å²) in [6, 6.07) is 12.8. The van der Waals surface area contributed by atoms with E-state index in [0.717, 1.165) is 11.1 Å². The Bertz CT molecular complexity index is 918. The Morgan fingerprint density at radius 2 is 1.93 bits per heavy atom. The number of carbonyl (C=O) groups is 2. The van der Waals surface area contributed by atoms with Crippen LogP contribution in [0.4, 0.5) is 0 Å². The van der Waals surface area contributed by atoms with Crippen LogP contribution in [0.1, 0.15) is 39.8 Å². The third kappa shape index (κ3) is 2.90. The number of nitrogens with one attached hydrogen (secondary N) is 1. The lowest BCUT2D eigenvalue weighted by Crippen LogP contribution is -2.46. The highest BCUT2D eigenvalue weighted by Gasteiger charge is 2.50. The van der Waals surface area contributed by atoms with Gasteiger partial charge in [0, 0.05) is 11.3 Å². The number of carbonyl (C=O) groups excluding carboxylic acids is 2. The fraction of sp³-hybridized carbons (Fsp3) is 0.333. The van der Waals surface area contributed by atoms with Crippen LogP contribution in [0.3, 0.4) is 0 Å². The molecular weight excluding hydrogens is 376 g/mol. The molecule has 1 saturated heterocycles. The zero-order valence-electron chi connectivity index (χ0n) is 16.0. The number of benzene rings is 2. The van der Waals surface area contributed by atoms with Crippen LogP contribution < -0.4 is 14.8 Å². The smallest absolute Gasteiger partial charge is 0.260 e. The van der Waals surface area contributed by atoms with Crippen LogP contribution in [0.15, 0.2) is 42.5 Å². The van der Waals surface area contributed by atoms with Crippen molar-refractivity contribution in [2.75, 3.05) is 20.0 Å². The first-order chi connectivity index (χ1) is 13.6. The van der Waals surface area contributed by atoms with Gasteiger partial charge in [-0.2, -0.15) is 0 Å². The lowest BCUT2D eigenvalue weighted by atomic mass is 10.1. The molecule has 0 unspecified atom stereocenters. The van der Waals surface area contributed by atoms with Crippen LogP contribution in [-0.4, -0.2) is 42.7 Å². The Morgan fingerprint density at radius 3 is 2.61 bits per heavy atom. The van der Waals surface area contributed by atoms with Crippen LogP contribution >= 0.6 is 11.8 Å². The fourth-order valence-electron chi connectivity index (χ4n) is 3.83. The summed E-state index contributed by atoms with van der Waals surface area (Å²) in [6.45, 7) is 1.95. The largest absolute Gasteiger partial charge is 0.493 e. The molecule has 3 atom stereocenters. The van der Waals surface area contributed by atoms with E-state index in [-0.39, 0.29) is 23.2 Å². The number of nitrogens with zero attached hydrogens (tertiary/aromatic N) is 1. The van der Waals surface area contributed by atoms with Gasteiger partial charge in [0.05, 0.1) is 25.8 Å². The van der Waals surface area contributed by atoms with Crippen molar-refractivity contribution in [1.82, 2.24) is 10.2 Å². The molecule has 0 aliphatic carbocycles. The molecule has 1 N–H and O–H groups in total. The Balaban J connectivity index is 1.58. The van der Waals surface area contributed by atoms with E-state index >= 15 is 0 Å². The van der Waals surface area contributed by atoms with E-state index in [1.54, 1.807) is 29.8 Å². The summed E-state index contributed by atoms with van der Waals surface area (Å²) in [5.74, 6) is 1.18. The maximum Gasteiger partial charge on any atom is 0.260 e. The number of rotatable bonds is 5. The normalized spacial score (nSPS) is 21.1. The average Bonchev–Trinajstić information content (AvgIpc) is 3.28. The quantitative estimate of drug-likeness (QED) is 0.838. The Morgan fingerprint density at radius 1 is 1.18 bits per heavy atom. The molecule has 7 heteroatoms. The first kappa shape index (κ1) is 18.7. The van der Waals surface area contributed by atoms with E-state index < -0.39 is 6.04 Å². The van der Waals surface area contributed by atoms with Gasteiger partial charge in [0.2, 0.25) is 5.91 Å². The van der Waals surface area contributed by atoms with Crippen molar-refractivity contribution >= 4 is 23.6 Å². The fourth-order valence-corrected chi connectivity index (χ4v) is 5.28. The molecule has 2 aromatic carbocycles. The first-order valence-corrected chi connectivity index (χ1v) is 10.2. The van der Waals surface area contributed by atoms with E-state index in [1.165, 1.54) is 7.11 Å². The summed E-state index contributed by atoms with van der Waals surface area (Å²) in [5, 5.41) is 2.87. The number of thioether (sulfide) groups is 1. The summed E-state index contributed by atoms with van der Waals surface area (Å²) >= 11 is 1.60. The minimum atomic E-state index is -0.517. The molecule has 146 valence electrons. The van der Waals surface area contributed by atoms with Crippen molar-refractivity contribution in [3.63, 3.8) is 0 Å². The Labute approximate surface area is 168 Å². The molecule has 4 rings (SSSR count). The molecule has 0 aromatic heterocycles. The van der Waals surface area contributed by atoms with Gasteiger partial charge in [-0.1, -0.05) is 36.4 Å². The van der Waals surface area contributed by atoms with Crippen molar-refractivity contribution in [3.05, 3.63) is 59.2 Å².